The number of rotatable bonds is 7. The second-order valence-corrected chi connectivity index (χ2v) is 6.87. The highest BCUT2D eigenvalue weighted by Crippen LogP contribution is 2.26. The van der Waals surface area contributed by atoms with Crippen LogP contribution in [0.1, 0.15) is 62.0 Å². The summed E-state index contributed by atoms with van der Waals surface area (Å²) in [6, 6.07) is 0. The van der Waals surface area contributed by atoms with Gasteiger partial charge in [0.2, 0.25) is 5.91 Å². The molecule has 0 aliphatic heterocycles. The Bertz CT molecular complexity index is 442. The SMILES string of the molecule is CCC(CC)(CN)C(=O)NCc1nc(C(C)C)c(C)s1. The van der Waals surface area contributed by atoms with Crippen LogP contribution in [0, 0.1) is 12.3 Å². The molecule has 0 unspecified atom stereocenters. The quantitative estimate of drug-likeness (QED) is 0.813. The minimum absolute atomic E-state index is 0.0453. The van der Waals surface area contributed by atoms with Crippen molar-refractivity contribution in [3.05, 3.63) is 15.6 Å². The molecule has 114 valence electrons. The normalized spacial score (nSPS) is 11.9. The average molecular weight is 297 g/mol. The molecule has 0 fully saturated rings. The first kappa shape index (κ1) is 17.1. The summed E-state index contributed by atoms with van der Waals surface area (Å²) < 4.78 is 0. The van der Waals surface area contributed by atoms with Crippen LogP contribution in [0.15, 0.2) is 0 Å². The van der Waals surface area contributed by atoms with Gasteiger partial charge in [0.25, 0.3) is 0 Å². The molecule has 3 N–H and O–H groups in total. The zero-order valence-corrected chi connectivity index (χ0v) is 14.1. The van der Waals surface area contributed by atoms with Crippen LogP contribution < -0.4 is 11.1 Å². The van der Waals surface area contributed by atoms with E-state index in [0.29, 0.717) is 19.0 Å². The molecule has 1 heterocycles. The van der Waals surface area contributed by atoms with E-state index in [1.54, 1.807) is 11.3 Å². The van der Waals surface area contributed by atoms with Gasteiger partial charge in [0.15, 0.2) is 0 Å². The number of nitrogens with two attached hydrogens (primary N) is 1. The summed E-state index contributed by atoms with van der Waals surface area (Å²) in [5, 5.41) is 3.97. The molecule has 0 aliphatic carbocycles. The summed E-state index contributed by atoms with van der Waals surface area (Å²) >= 11 is 1.66. The lowest BCUT2D eigenvalue weighted by molar-refractivity contribution is -0.131. The Kier molecular flexibility index (Phi) is 6.14. The molecule has 20 heavy (non-hydrogen) atoms. The zero-order chi connectivity index (χ0) is 15.3. The number of nitrogens with zero attached hydrogens (tertiary/aromatic N) is 1. The molecule has 0 saturated heterocycles. The van der Waals surface area contributed by atoms with Crippen molar-refractivity contribution in [2.75, 3.05) is 6.54 Å². The molecule has 0 aliphatic rings. The highest BCUT2D eigenvalue weighted by atomic mass is 32.1. The van der Waals surface area contributed by atoms with Gasteiger partial charge in [0.05, 0.1) is 17.7 Å². The second-order valence-electron chi connectivity index (χ2n) is 5.58. The largest absolute Gasteiger partial charge is 0.349 e. The van der Waals surface area contributed by atoms with Gasteiger partial charge in [0.1, 0.15) is 5.01 Å². The van der Waals surface area contributed by atoms with Crippen LogP contribution in [0.2, 0.25) is 0 Å². The van der Waals surface area contributed by atoms with E-state index in [9.17, 15) is 4.79 Å². The summed E-state index contributed by atoms with van der Waals surface area (Å²) in [7, 11) is 0. The summed E-state index contributed by atoms with van der Waals surface area (Å²) in [5.41, 5.74) is 6.49. The number of hydrogen-bond acceptors (Lipinski definition) is 4. The van der Waals surface area contributed by atoms with E-state index in [4.69, 9.17) is 5.73 Å². The van der Waals surface area contributed by atoms with E-state index in [2.05, 4.69) is 31.1 Å². The molecule has 0 aromatic carbocycles. The van der Waals surface area contributed by atoms with Crippen molar-refractivity contribution in [1.82, 2.24) is 10.3 Å². The van der Waals surface area contributed by atoms with Crippen molar-refractivity contribution in [3.8, 4) is 0 Å². The van der Waals surface area contributed by atoms with Gasteiger partial charge in [-0.15, -0.1) is 11.3 Å². The Hall–Kier alpha value is -0.940. The molecule has 5 heteroatoms. The lowest BCUT2D eigenvalue weighted by Gasteiger charge is -2.28. The van der Waals surface area contributed by atoms with Gasteiger partial charge in [-0.05, 0) is 25.7 Å². The lowest BCUT2D eigenvalue weighted by atomic mass is 9.81. The number of nitrogens with one attached hydrogen (secondary N) is 1. The van der Waals surface area contributed by atoms with Crippen LogP contribution in [0.3, 0.4) is 0 Å². The fourth-order valence-corrected chi connectivity index (χ4v) is 3.40. The van der Waals surface area contributed by atoms with Gasteiger partial charge >= 0.3 is 0 Å². The molecule has 1 aromatic heterocycles. The van der Waals surface area contributed by atoms with E-state index < -0.39 is 5.41 Å². The van der Waals surface area contributed by atoms with Crippen molar-refractivity contribution < 1.29 is 4.79 Å². The van der Waals surface area contributed by atoms with Crippen molar-refractivity contribution in [2.45, 2.75) is 59.9 Å². The molecule has 0 spiro atoms. The van der Waals surface area contributed by atoms with Crippen molar-refractivity contribution in [2.24, 2.45) is 11.1 Å². The highest BCUT2D eigenvalue weighted by molar-refractivity contribution is 7.11. The Morgan fingerprint density at radius 1 is 1.40 bits per heavy atom. The monoisotopic (exact) mass is 297 g/mol. The maximum absolute atomic E-state index is 12.3. The molecule has 1 amide bonds. The van der Waals surface area contributed by atoms with Gasteiger partial charge in [-0.3, -0.25) is 4.79 Å². The van der Waals surface area contributed by atoms with Crippen LogP contribution in [-0.4, -0.2) is 17.4 Å². The van der Waals surface area contributed by atoms with Crippen LogP contribution in [0.5, 0.6) is 0 Å². The van der Waals surface area contributed by atoms with Crippen molar-refractivity contribution in [3.63, 3.8) is 0 Å². The summed E-state index contributed by atoms with van der Waals surface area (Å²) in [6.07, 6.45) is 1.53. The van der Waals surface area contributed by atoms with E-state index >= 15 is 0 Å². The number of thiazole rings is 1. The Labute approximate surface area is 126 Å². The topological polar surface area (TPSA) is 68.0 Å². The van der Waals surface area contributed by atoms with Gasteiger partial charge < -0.3 is 11.1 Å². The number of aromatic nitrogens is 1. The predicted octanol–water partition coefficient (Wildman–Crippen LogP) is 2.96. The minimum atomic E-state index is -0.437. The smallest absolute Gasteiger partial charge is 0.227 e. The van der Waals surface area contributed by atoms with Crippen LogP contribution in [0.25, 0.3) is 0 Å². The molecular formula is C15H27N3OS. The third kappa shape index (κ3) is 3.58. The first-order chi connectivity index (χ1) is 9.40. The average Bonchev–Trinajstić information content (AvgIpc) is 2.80. The number of carbonyl (C=O) groups excluding carboxylic acids is 1. The number of carbonyl (C=O) groups is 1. The molecule has 1 aromatic rings. The Morgan fingerprint density at radius 3 is 2.40 bits per heavy atom. The van der Waals surface area contributed by atoms with E-state index in [1.807, 2.05) is 13.8 Å². The molecule has 0 atom stereocenters. The van der Waals surface area contributed by atoms with E-state index in [-0.39, 0.29) is 5.91 Å². The summed E-state index contributed by atoms with van der Waals surface area (Å²) in [5.74, 6) is 0.467. The maximum Gasteiger partial charge on any atom is 0.227 e. The molecule has 0 bridgehead atoms. The van der Waals surface area contributed by atoms with Crippen LogP contribution >= 0.6 is 11.3 Å². The third-order valence-electron chi connectivity index (χ3n) is 4.05. The van der Waals surface area contributed by atoms with Gasteiger partial charge in [-0.2, -0.15) is 0 Å². The predicted molar refractivity (Wildman–Crippen MR) is 84.9 cm³/mol. The van der Waals surface area contributed by atoms with Crippen molar-refractivity contribution in [1.29, 1.82) is 0 Å². The minimum Gasteiger partial charge on any atom is -0.349 e. The van der Waals surface area contributed by atoms with Gasteiger partial charge in [-0.25, -0.2) is 4.98 Å². The van der Waals surface area contributed by atoms with Gasteiger partial charge in [-0.1, -0.05) is 27.7 Å². The second kappa shape index (κ2) is 7.18. The number of aryl methyl sites for hydroxylation is 1. The Balaban J connectivity index is 2.72. The van der Waals surface area contributed by atoms with Crippen molar-refractivity contribution >= 4 is 17.2 Å². The molecule has 4 nitrogen and oxygen atoms in total. The van der Waals surface area contributed by atoms with Crippen LogP contribution in [0.4, 0.5) is 0 Å². The molecule has 0 saturated carbocycles. The molecule has 1 rings (SSSR count). The zero-order valence-electron chi connectivity index (χ0n) is 13.2. The highest BCUT2D eigenvalue weighted by Gasteiger charge is 2.33. The standard InChI is InChI=1S/C15H27N3OS/c1-6-15(7-2,9-16)14(19)17-8-12-18-13(10(3)4)11(5)20-12/h10H,6-9,16H2,1-5H3,(H,17,19). The maximum atomic E-state index is 12.3. The number of amides is 1. The fraction of sp³-hybridized carbons (Fsp3) is 0.733. The summed E-state index contributed by atoms with van der Waals surface area (Å²) in [4.78, 5) is 18.2. The van der Waals surface area contributed by atoms with E-state index in [0.717, 1.165) is 23.5 Å². The van der Waals surface area contributed by atoms with Gasteiger partial charge in [0, 0.05) is 11.4 Å². The molecular weight excluding hydrogens is 270 g/mol. The number of hydrogen-bond donors (Lipinski definition) is 2. The first-order valence-corrected chi connectivity index (χ1v) is 8.16. The Morgan fingerprint density at radius 2 is 2.00 bits per heavy atom. The first-order valence-electron chi connectivity index (χ1n) is 7.34. The molecule has 0 radical (unpaired) electrons. The third-order valence-corrected chi connectivity index (χ3v) is 5.04. The fourth-order valence-electron chi connectivity index (χ4n) is 2.37. The van der Waals surface area contributed by atoms with E-state index in [1.165, 1.54) is 4.88 Å². The van der Waals surface area contributed by atoms with Crippen LogP contribution in [-0.2, 0) is 11.3 Å². The summed E-state index contributed by atoms with van der Waals surface area (Å²) in [6.45, 7) is 11.3. The lowest BCUT2D eigenvalue weighted by Crippen LogP contribution is -2.45.